The van der Waals surface area contributed by atoms with E-state index in [1.54, 1.807) is 26.9 Å². The minimum Gasteiger partial charge on any atom is -0.394 e. The lowest BCUT2D eigenvalue weighted by molar-refractivity contribution is -0.152. The summed E-state index contributed by atoms with van der Waals surface area (Å²) in [6.45, 7) is 12.1. The van der Waals surface area contributed by atoms with Crippen LogP contribution in [0.1, 0.15) is 25.8 Å². The van der Waals surface area contributed by atoms with Crippen molar-refractivity contribution < 1.29 is 24.2 Å². The van der Waals surface area contributed by atoms with Crippen LogP contribution in [0.5, 0.6) is 0 Å². The number of aliphatic hydroxyl groups excluding tert-OH is 1. The Bertz CT molecular complexity index is 1350. The zero-order valence-corrected chi connectivity index (χ0v) is 26.3. The Balaban J connectivity index is 1.60. The highest BCUT2D eigenvalue weighted by Gasteiger charge is 2.77. The number of aliphatic hydroxyl groups is 1. The minimum atomic E-state index is -1.23. The lowest BCUT2D eigenvalue weighted by Gasteiger charge is -2.40. The van der Waals surface area contributed by atoms with E-state index in [1.165, 1.54) is 0 Å². The van der Waals surface area contributed by atoms with Crippen LogP contribution in [0, 0.1) is 17.8 Å². The van der Waals surface area contributed by atoms with Crippen LogP contribution in [-0.4, -0.2) is 80.9 Å². The topological polar surface area (TPSA) is 90.4 Å². The van der Waals surface area contributed by atoms with E-state index >= 15 is 0 Å². The number of benzene rings is 2. The number of carbonyl (C=O) groups is 3. The van der Waals surface area contributed by atoms with Gasteiger partial charge in [0.25, 0.3) is 0 Å². The van der Waals surface area contributed by atoms with Crippen molar-refractivity contribution in [1.29, 1.82) is 0 Å². The predicted molar refractivity (Wildman–Crippen MR) is 169 cm³/mol. The molecule has 2 aromatic carbocycles. The number of hydrogen-bond acceptors (Lipinski definition) is 5. The standard InChI is InChI=1S/C34H40BrN3O5/c1-5-17-36(20-23-13-9-7-10-14-23)33(42)30-34-19-25(35)29(43-34)27(28(34)32(41)38(30)26(21-39)22(3)4)31(40)37(18-6-2)24-15-11-8-12-16-24/h5-16,22,25-30,39H,1-2,17-21H2,3-4H3/t25?,26-,27-,28-,29-,30?,34?/m0/s1. The number of ether oxygens (including phenoxy) is 1. The van der Waals surface area contributed by atoms with Gasteiger partial charge in [0.15, 0.2) is 0 Å². The number of rotatable bonds is 12. The fraction of sp³-hybridized carbons (Fsp3) is 0.441. The first-order valence-electron chi connectivity index (χ1n) is 14.9. The van der Waals surface area contributed by atoms with Crippen molar-refractivity contribution in [3.63, 3.8) is 0 Å². The summed E-state index contributed by atoms with van der Waals surface area (Å²) in [5.74, 6) is -2.69. The largest absolute Gasteiger partial charge is 0.394 e. The van der Waals surface area contributed by atoms with Crippen LogP contribution in [0.4, 0.5) is 5.69 Å². The fourth-order valence-corrected chi connectivity index (χ4v) is 8.15. The maximum Gasteiger partial charge on any atom is 0.249 e. The highest BCUT2D eigenvalue weighted by atomic mass is 79.9. The predicted octanol–water partition coefficient (Wildman–Crippen LogP) is 4.19. The van der Waals surface area contributed by atoms with Crippen molar-refractivity contribution in [2.45, 2.75) is 55.4 Å². The summed E-state index contributed by atoms with van der Waals surface area (Å²) >= 11 is 3.76. The summed E-state index contributed by atoms with van der Waals surface area (Å²) < 4.78 is 6.74. The first-order valence-corrected chi connectivity index (χ1v) is 15.8. The molecule has 1 spiro atoms. The molecule has 2 bridgehead atoms. The molecular formula is C34H40BrN3O5. The number of carbonyl (C=O) groups excluding carboxylic acids is 3. The van der Waals surface area contributed by atoms with Crippen LogP contribution < -0.4 is 4.90 Å². The molecule has 0 radical (unpaired) electrons. The number of likely N-dealkylation sites (tertiary alicyclic amines) is 1. The fourth-order valence-electron chi connectivity index (χ4n) is 7.21. The van der Waals surface area contributed by atoms with E-state index < -0.39 is 35.6 Å². The number of nitrogens with zero attached hydrogens (tertiary/aromatic N) is 3. The summed E-state index contributed by atoms with van der Waals surface area (Å²) in [6.07, 6.45) is 3.12. The molecule has 0 aromatic heterocycles. The van der Waals surface area contributed by atoms with E-state index in [9.17, 15) is 19.5 Å². The van der Waals surface area contributed by atoms with E-state index in [4.69, 9.17) is 4.74 Å². The Kier molecular flexibility index (Phi) is 9.25. The molecule has 3 heterocycles. The van der Waals surface area contributed by atoms with Gasteiger partial charge in [0, 0.05) is 30.1 Å². The smallest absolute Gasteiger partial charge is 0.249 e. The molecule has 7 atom stereocenters. The maximum absolute atomic E-state index is 14.7. The lowest BCUT2D eigenvalue weighted by Crippen LogP contribution is -2.59. The number of halogens is 1. The van der Waals surface area contributed by atoms with Gasteiger partial charge in [-0.15, -0.1) is 13.2 Å². The number of hydrogen-bond donors (Lipinski definition) is 1. The molecule has 3 aliphatic heterocycles. The van der Waals surface area contributed by atoms with Crippen LogP contribution >= 0.6 is 15.9 Å². The average Bonchev–Trinajstić information content (AvgIpc) is 3.60. The van der Waals surface area contributed by atoms with Crippen LogP contribution in [0.3, 0.4) is 0 Å². The molecule has 228 valence electrons. The number of amides is 3. The molecule has 5 rings (SSSR count). The molecule has 0 saturated carbocycles. The van der Waals surface area contributed by atoms with Crippen molar-refractivity contribution in [3.8, 4) is 0 Å². The zero-order chi connectivity index (χ0) is 30.9. The molecule has 9 heteroatoms. The highest BCUT2D eigenvalue weighted by molar-refractivity contribution is 9.09. The van der Waals surface area contributed by atoms with Gasteiger partial charge < -0.3 is 24.5 Å². The quantitative estimate of drug-likeness (QED) is 0.275. The molecule has 8 nitrogen and oxygen atoms in total. The third-order valence-electron chi connectivity index (χ3n) is 9.08. The number of alkyl halides is 1. The summed E-state index contributed by atoms with van der Waals surface area (Å²) in [7, 11) is 0. The van der Waals surface area contributed by atoms with Crippen LogP contribution in [0.15, 0.2) is 86.0 Å². The molecular weight excluding hydrogens is 610 g/mol. The number of anilines is 1. The highest BCUT2D eigenvalue weighted by Crippen LogP contribution is 2.61. The Morgan fingerprint density at radius 2 is 1.70 bits per heavy atom. The second-order valence-electron chi connectivity index (χ2n) is 12.0. The van der Waals surface area contributed by atoms with E-state index in [-0.39, 0.29) is 48.2 Å². The van der Waals surface area contributed by atoms with Crippen molar-refractivity contribution in [3.05, 3.63) is 91.5 Å². The normalized spacial score (nSPS) is 28.1. The summed E-state index contributed by atoms with van der Waals surface area (Å²) in [5, 5.41) is 10.5. The van der Waals surface area contributed by atoms with E-state index in [0.29, 0.717) is 18.7 Å². The number of fused-ring (bicyclic) bond motifs is 1. The molecule has 0 aliphatic carbocycles. The van der Waals surface area contributed by atoms with Gasteiger partial charge in [-0.25, -0.2) is 0 Å². The molecule has 3 aliphatic rings. The van der Waals surface area contributed by atoms with Gasteiger partial charge in [-0.3, -0.25) is 14.4 Å². The SMILES string of the molecule is C=CCN(Cc1ccccc1)C(=O)C1N([C@@H](CO)C(C)C)C(=O)[C@@H]2[C@H](C(=O)N(CC=C)c3ccccc3)[C@H]3OC12CC3Br. The van der Waals surface area contributed by atoms with Crippen molar-refractivity contribution >= 4 is 39.3 Å². The molecule has 43 heavy (non-hydrogen) atoms. The van der Waals surface area contributed by atoms with Crippen molar-refractivity contribution in [2.75, 3.05) is 24.6 Å². The molecule has 3 saturated heterocycles. The Labute approximate surface area is 262 Å². The van der Waals surface area contributed by atoms with Crippen LogP contribution in [0.25, 0.3) is 0 Å². The third-order valence-corrected chi connectivity index (χ3v) is 9.93. The first kappa shape index (κ1) is 31.2. The Morgan fingerprint density at radius 1 is 1.07 bits per heavy atom. The molecule has 1 N–H and O–H groups in total. The summed E-state index contributed by atoms with van der Waals surface area (Å²) in [4.78, 5) is 48.4. The minimum absolute atomic E-state index is 0.144. The Morgan fingerprint density at radius 3 is 2.28 bits per heavy atom. The van der Waals surface area contributed by atoms with Gasteiger partial charge in [0.1, 0.15) is 11.6 Å². The first-order chi connectivity index (χ1) is 20.7. The van der Waals surface area contributed by atoms with E-state index in [2.05, 4.69) is 29.1 Å². The van der Waals surface area contributed by atoms with Crippen LogP contribution in [0.2, 0.25) is 0 Å². The van der Waals surface area contributed by atoms with Gasteiger partial charge in [-0.2, -0.15) is 0 Å². The Hall–Kier alpha value is -3.27. The molecule has 3 unspecified atom stereocenters. The van der Waals surface area contributed by atoms with Crippen molar-refractivity contribution in [2.24, 2.45) is 17.8 Å². The van der Waals surface area contributed by atoms with Gasteiger partial charge in [0.05, 0.1) is 30.6 Å². The maximum atomic E-state index is 14.7. The van der Waals surface area contributed by atoms with Gasteiger partial charge in [0.2, 0.25) is 17.7 Å². The monoisotopic (exact) mass is 649 g/mol. The second-order valence-corrected chi connectivity index (χ2v) is 13.1. The summed E-state index contributed by atoms with van der Waals surface area (Å²) in [5.41, 5.74) is 0.402. The average molecular weight is 651 g/mol. The molecule has 3 fully saturated rings. The van der Waals surface area contributed by atoms with Gasteiger partial charge >= 0.3 is 0 Å². The van der Waals surface area contributed by atoms with Crippen molar-refractivity contribution in [1.82, 2.24) is 9.80 Å². The molecule has 3 amide bonds. The third kappa shape index (κ3) is 5.36. The second kappa shape index (κ2) is 12.8. The van der Waals surface area contributed by atoms with E-state index in [0.717, 1.165) is 5.56 Å². The van der Waals surface area contributed by atoms with E-state index in [1.807, 2.05) is 74.5 Å². The summed E-state index contributed by atoms with van der Waals surface area (Å²) in [6, 6.07) is 17.3. The number of para-hydroxylation sites is 1. The van der Waals surface area contributed by atoms with Crippen LogP contribution in [-0.2, 0) is 25.7 Å². The van der Waals surface area contributed by atoms with Gasteiger partial charge in [-0.05, 0) is 30.0 Å². The lowest BCUT2D eigenvalue weighted by atomic mass is 9.70. The van der Waals surface area contributed by atoms with Gasteiger partial charge in [-0.1, -0.05) is 90.5 Å². The zero-order valence-electron chi connectivity index (χ0n) is 24.7. The molecule has 2 aromatic rings.